The summed E-state index contributed by atoms with van der Waals surface area (Å²) < 4.78 is 52.2. The number of carbonyl (C=O) groups excluding carboxylic acids is 1. The Labute approximate surface area is 193 Å². The van der Waals surface area contributed by atoms with Crippen LogP contribution in [-0.4, -0.2) is 56.5 Å². The maximum absolute atomic E-state index is 12.7. The summed E-state index contributed by atoms with van der Waals surface area (Å²) in [6.45, 7) is -0.0960. The topological polar surface area (TPSA) is 114 Å². The van der Waals surface area contributed by atoms with Crippen LogP contribution in [0.3, 0.4) is 0 Å². The van der Waals surface area contributed by atoms with Gasteiger partial charge in [0, 0.05) is 48.8 Å². The highest BCUT2D eigenvalue weighted by Gasteiger charge is 2.31. The molecule has 1 aromatic heterocycles. The monoisotopic (exact) mass is 487 g/mol. The Balaban J connectivity index is 1.35. The number of aromatic nitrogens is 1. The lowest BCUT2D eigenvalue weighted by Crippen LogP contribution is -2.45. The van der Waals surface area contributed by atoms with Crippen LogP contribution in [0.4, 0.5) is 5.69 Å². The average Bonchev–Trinajstić information content (AvgIpc) is 3.51. The molecule has 174 valence electrons. The molecular weight excluding hydrogens is 462 g/mol. The maximum atomic E-state index is 12.7. The van der Waals surface area contributed by atoms with Crippen molar-refractivity contribution >= 4 is 37.6 Å². The third-order valence-corrected chi connectivity index (χ3v) is 9.41. The van der Waals surface area contributed by atoms with Gasteiger partial charge in [-0.1, -0.05) is 24.3 Å². The van der Waals surface area contributed by atoms with Crippen LogP contribution in [0.5, 0.6) is 0 Å². The zero-order valence-corrected chi connectivity index (χ0v) is 19.7. The molecule has 3 aliphatic rings. The summed E-state index contributed by atoms with van der Waals surface area (Å²) >= 11 is 0. The van der Waals surface area contributed by atoms with E-state index in [0.29, 0.717) is 12.1 Å². The van der Waals surface area contributed by atoms with Gasteiger partial charge in [0.15, 0.2) is 9.84 Å². The molecule has 10 heteroatoms. The fourth-order valence-electron chi connectivity index (χ4n) is 4.22. The van der Waals surface area contributed by atoms with Crippen molar-refractivity contribution in [3.63, 3.8) is 0 Å². The van der Waals surface area contributed by atoms with Gasteiger partial charge in [-0.15, -0.1) is 0 Å². The summed E-state index contributed by atoms with van der Waals surface area (Å²) in [5.41, 5.74) is 5.04. The van der Waals surface area contributed by atoms with Gasteiger partial charge in [-0.05, 0) is 42.2 Å². The van der Waals surface area contributed by atoms with E-state index >= 15 is 0 Å². The minimum Gasteiger partial charge on any atom is -0.299 e. The third-order valence-electron chi connectivity index (χ3n) is 6.26. The van der Waals surface area contributed by atoms with Gasteiger partial charge < -0.3 is 0 Å². The summed E-state index contributed by atoms with van der Waals surface area (Å²) in [5, 5.41) is 0. The first-order chi connectivity index (χ1) is 15.7. The number of rotatable bonds is 7. The highest BCUT2D eigenvalue weighted by atomic mass is 32.2. The number of hydrogen-bond acceptors (Lipinski definition) is 6. The molecule has 0 amide bonds. The van der Waals surface area contributed by atoms with Crippen molar-refractivity contribution in [1.29, 1.82) is 0 Å². The number of pyridine rings is 1. The minimum absolute atomic E-state index is 0.0480. The number of anilines is 1. The highest BCUT2D eigenvalue weighted by molar-refractivity contribution is 7.92. The second kappa shape index (κ2) is 8.34. The standard InChI is InChI=1S/C23H25N3O5S2/c27-23(17-4-5-17)15-19-14-21(20-2-1-3-22(20)24-19)16-6-8-18(9-7-16)25-33(30,31)26-10-12-32(28,29)13-11-26/h1-2,6-9,14,17,25H,3-5,10-13,15H2. The number of hydrogen-bond donors (Lipinski definition) is 1. The van der Waals surface area contributed by atoms with Gasteiger partial charge in [0.25, 0.3) is 0 Å². The van der Waals surface area contributed by atoms with Gasteiger partial charge in [0.05, 0.1) is 17.2 Å². The first kappa shape index (κ1) is 22.2. The number of nitrogens with one attached hydrogen (secondary N) is 1. The maximum Gasteiger partial charge on any atom is 0.301 e. The van der Waals surface area contributed by atoms with E-state index in [2.05, 4.69) is 10.8 Å². The van der Waals surface area contributed by atoms with Crippen LogP contribution < -0.4 is 4.72 Å². The first-order valence-electron chi connectivity index (χ1n) is 11.0. The molecular formula is C23H25N3O5S2. The Kier molecular flexibility index (Phi) is 5.62. The van der Waals surface area contributed by atoms with Crippen molar-refractivity contribution in [2.75, 3.05) is 29.3 Å². The lowest BCUT2D eigenvalue weighted by atomic mass is 9.97. The molecule has 0 unspecified atom stereocenters. The van der Waals surface area contributed by atoms with Crippen molar-refractivity contribution in [2.45, 2.75) is 25.7 Å². The number of ketones is 1. The fourth-order valence-corrected chi connectivity index (χ4v) is 6.88. The Hall–Kier alpha value is -2.56. The number of carbonyl (C=O) groups is 1. The van der Waals surface area contributed by atoms with Crippen molar-refractivity contribution in [1.82, 2.24) is 9.29 Å². The summed E-state index contributed by atoms with van der Waals surface area (Å²) in [6.07, 6.45) is 7.11. The molecule has 1 aliphatic heterocycles. The molecule has 1 N–H and O–H groups in total. The van der Waals surface area contributed by atoms with Crippen LogP contribution in [0.15, 0.2) is 36.4 Å². The largest absolute Gasteiger partial charge is 0.301 e. The summed E-state index contributed by atoms with van der Waals surface area (Å²) in [4.78, 5) is 17.0. The number of nitrogens with zero attached hydrogens (tertiary/aromatic N) is 2. The molecule has 0 atom stereocenters. The van der Waals surface area contributed by atoms with Gasteiger partial charge in [0.2, 0.25) is 0 Å². The van der Waals surface area contributed by atoms with Gasteiger partial charge >= 0.3 is 10.2 Å². The van der Waals surface area contributed by atoms with Crippen LogP contribution >= 0.6 is 0 Å². The Bertz CT molecular complexity index is 1330. The Morgan fingerprint density at radius 1 is 1.12 bits per heavy atom. The second-order valence-corrected chi connectivity index (χ2v) is 12.8. The third kappa shape index (κ3) is 4.87. The molecule has 0 spiro atoms. The molecule has 2 fully saturated rings. The number of allylic oxidation sites excluding steroid dienone is 1. The Morgan fingerprint density at radius 2 is 1.82 bits per heavy atom. The molecule has 1 aromatic carbocycles. The van der Waals surface area contributed by atoms with E-state index in [-0.39, 0.29) is 36.3 Å². The molecule has 0 bridgehead atoms. The summed E-state index contributed by atoms with van der Waals surface area (Å²) in [7, 11) is -7.00. The lowest BCUT2D eigenvalue weighted by Gasteiger charge is -2.26. The van der Waals surface area contributed by atoms with Crippen molar-refractivity contribution in [2.24, 2.45) is 5.92 Å². The van der Waals surface area contributed by atoms with E-state index in [1.165, 1.54) is 0 Å². The van der Waals surface area contributed by atoms with Gasteiger partial charge in [-0.3, -0.25) is 14.5 Å². The normalized spacial score (nSPS) is 19.9. The van der Waals surface area contributed by atoms with Gasteiger partial charge in [-0.25, -0.2) is 8.42 Å². The van der Waals surface area contributed by atoms with E-state index in [1.54, 1.807) is 12.1 Å². The zero-order valence-electron chi connectivity index (χ0n) is 18.0. The van der Waals surface area contributed by atoms with Crippen LogP contribution in [-0.2, 0) is 37.7 Å². The zero-order chi connectivity index (χ0) is 23.2. The minimum atomic E-state index is -3.84. The number of fused-ring (bicyclic) bond motifs is 1. The SMILES string of the molecule is O=C(Cc1cc(-c2ccc(NS(=O)(=O)N3CCS(=O)(=O)CC3)cc2)c2c(n1)CC=C2)C1CC1. The molecule has 33 heavy (non-hydrogen) atoms. The van der Waals surface area contributed by atoms with Crippen LogP contribution in [0.1, 0.15) is 29.8 Å². The number of benzene rings is 1. The van der Waals surface area contributed by atoms with E-state index in [9.17, 15) is 21.6 Å². The van der Waals surface area contributed by atoms with Crippen molar-refractivity contribution in [3.05, 3.63) is 53.4 Å². The number of sulfone groups is 1. The van der Waals surface area contributed by atoms with Gasteiger partial charge in [-0.2, -0.15) is 12.7 Å². The molecule has 2 aromatic rings. The lowest BCUT2D eigenvalue weighted by molar-refractivity contribution is -0.119. The number of Topliss-reactive ketones (excluding diaryl/α,β-unsaturated/α-hetero) is 1. The summed E-state index contributed by atoms with van der Waals surface area (Å²) in [5.74, 6) is 0.0987. The fraction of sp³-hybridized carbons (Fsp3) is 0.391. The van der Waals surface area contributed by atoms with Crippen molar-refractivity contribution < 1.29 is 21.6 Å². The first-order valence-corrected chi connectivity index (χ1v) is 14.3. The molecule has 1 saturated carbocycles. The van der Waals surface area contributed by atoms with Crippen LogP contribution in [0.2, 0.25) is 0 Å². The molecule has 1 saturated heterocycles. The van der Waals surface area contributed by atoms with Crippen LogP contribution in [0, 0.1) is 5.92 Å². The quantitative estimate of drug-likeness (QED) is 0.641. The second-order valence-electron chi connectivity index (χ2n) is 8.78. The molecule has 0 radical (unpaired) electrons. The van der Waals surface area contributed by atoms with Gasteiger partial charge in [0.1, 0.15) is 5.78 Å². The van der Waals surface area contributed by atoms with E-state index in [1.807, 2.05) is 24.3 Å². The molecule has 8 nitrogen and oxygen atoms in total. The van der Waals surface area contributed by atoms with E-state index in [0.717, 1.165) is 51.6 Å². The molecule has 2 heterocycles. The Morgan fingerprint density at radius 3 is 2.48 bits per heavy atom. The predicted molar refractivity (Wildman–Crippen MR) is 127 cm³/mol. The predicted octanol–water partition coefficient (Wildman–Crippen LogP) is 2.23. The summed E-state index contributed by atoms with van der Waals surface area (Å²) in [6, 6.07) is 9.02. The average molecular weight is 488 g/mol. The van der Waals surface area contributed by atoms with Crippen LogP contribution in [0.25, 0.3) is 17.2 Å². The molecule has 5 rings (SSSR count). The van der Waals surface area contributed by atoms with E-state index < -0.39 is 20.0 Å². The highest BCUT2D eigenvalue weighted by Crippen LogP contribution is 2.34. The smallest absolute Gasteiger partial charge is 0.299 e. The molecule has 2 aliphatic carbocycles. The van der Waals surface area contributed by atoms with E-state index in [4.69, 9.17) is 4.98 Å². The van der Waals surface area contributed by atoms with Crippen molar-refractivity contribution in [3.8, 4) is 11.1 Å².